The second-order valence-electron chi connectivity index (χ2n) is 6.47. The van der Waals surface area contributed by atoms with Crippen molar-refractivity contribution in [3.05, 3.63) is 71.0 Å². The predicted octanol–water partition coefficient (Wildman–Crippen LogP) is 4.93. The maximum atomic E-state index is 13.1. The zero-order valence-electron chi connectivity index (χ0n) is 15.9. The van der Waals surface area contributed by atoms with Gasteiger partial charge in [-0.1, -0.05) is 35.9 Å². The van der Waals surface area contributed by atoms with Crippen molar-refractivity contribution in [3.63, 3.8) is 0 Å². The molecule has 0 aliphatic carbocycles. The van der Waals surface area contributed by atoms with Crippen molar-refractivity contribution in [2.75, 3.05) is 19.0 Å². The minimum absolute atomic E-state index is 0.0610. The lowest BCUT2D eigenvalue weighted by Crippen LogP contribution is -2.23. The highest BCUT2D eigenvalue weighted by atomic mass is 35.5. The molecule has 29 heavy (non-hydrogen) atoms. The number of amides is 1. The largest absolute Gasteiger partial charge is 0.497 e. The lowest BCUT2D eigenvalue weighted by atomic mass is 9.98. The Labute approximate surface area is 172 Å². The van der Waals surface area contributed by atoms with E-state index >= 15 is 0 Å². The summed E-state index contributed by atoms with van der Waals surface area (Å²) in [7, 11) is 1.60. The highest BCUT2D eigenvalue weighted by Crippen LogP contribution is 2.26. The first-order valence-corrected chi connectivity index (χ1v) is 9.24. The van der Waals surface area contributed by atoms with Crippen LogP contribution in [0.1, 0.15) is 18.4 Å². The molecule has 3 aromatic carbocycles. The van der Waals surface area contributed by atoms with Crippen LogP contribution in [0.4, 0.5) is 10.1 Å². The highest BCUT2D eigenvalue weighted by Gasteiger charge is 2.19. The third-order valence-corrected chi connectivity index (χ3v) is 4.79. The van der Waals surface area contributed by atoms with Crippen molar-refractivity contribution >= 4 is 39.9 Å². The monoisotopic (exact) mass is 415 g/mol. The molecule has 0 aliphatic rings. The molecule has 0 radical (unpaired) electrons. The number of carbonyl (C=O) groups excluding carboxylic acids is 2. The summed E-state index contributed by atoms with van der Waals surface area (Å²) in [5.74, 6) is -1.40. The minimum Gasteiger partial charge on any atom is -0.497 e. The molecular weight excluding hydrogens is 397 g/mol. The summed E-state index contributed by atoms with van der Waals surface area (Å²) in [4.78, 5) is 24.3. The third kappa shape index (κ3) is 5.03. The molecule has 0 aromatic heterocycles. The molecule has 0 spiro atoms. The van der Waals surface area contributed by atoms with Crippen LogP contribution in [0.3, 0.4) is 0 Å². The Hall–Kier alpha value is -3.12. The zero-order valence-corrected chi connectivity index (χ0v) is 16.6. The number of ether oxygens (including phenoxy) is 2. The fourth-order valence-electron chi connectivity index (χ4n) is 2.81. The molecule has 3 aromatic rings. The van der Waals surface area contributed by atoms with E-state index in [1.54, 1.807) is 14.0 Å². The van der Waals surface area contributed by atoms with Crippen molar-refractivity contribution < 1.29 is 23.5 Å². The minimum atomic E-state index is -0.565. The van der Waals surface area contributed by atoms with Gasteiger partial charge < -0.3 is 14.8 Å². The van der Waals surface area contributed by atoms with E-state index in [1.807, 2.05) is 36.4 Å². The number of halogens is 2. The summed E-state index contributed by atoms with van der Waals surface area (Å²) in [5, 5.41) is 4.50. The Balaban J connectivity index is 1.61. The van der Waals surface area contributed by atoms with Gasteiger partial charge in [-0.3, -0.25) is 9.59 Å². The van der Waals surface area contributed by atoms with Gasteiger partial charge in [-0.25, -0.2) is 4.39 Å². The molecule has 1 atom stereocenters. The summed E-state index contributed by atoms with van der Waals surface area (Å²) < 4.78 is 23.4. The molecule has 1 amide bonds. The van der Waals surface area contributed by atoms with Gasteiger partial charge in [-0.05, 0) is 53.6 Å². The summed E-state index contributed by atoms with van der Waals surface area (Å²) in [5.41, 5.74) is 1.02. The Bertz CT molecular complexity index is 1070. The highest BCUT2D eigenvalue weighted by molar-refractivity contribution is 6.33. The average molecular weight is 416 g/mol. The maximum absolute atomic E-state index is 13.1. The van der Waals surface area contributed by atoms with Crippen molar-refractivity contribution in [2.24, 2.45) is 0 Å². The first-order chi connectivity index (χ1) is 13.9. The van der Waals surface area contributed by atoms with Crippen LogP contribution in [0.2, 0.25) is 5.02 Å². The number of methoxy groups -OCH3 is 1. The van der Waals surface area contributed by atoms with Crippen molar-refractivity contribution in [1.29, 1.82) is 0 Å². The van der Waals surface area contributed by atoms with Crippen LogP contribution < -0.4 is 10.1 Å². The predicted molar refractivity (Wildman–Crippen MR) is 110 cm³/mol. The van der Waals surface area contributed by atoms with Gasteiger partial charge in [0.15, 0.2) is 6.61 Å². The quantitative estimate of drug-likeness (QED) is 0.580. The number of esters is 1. The van der Waals surface area contributed by atoms with Gasteiger partial charge in [0.25, 0.3) is 5.91 Å². The maximum Gasteiger partial charge on any atom is 0.313 e. The van der Waals surface area contributed by atoms with Gasteiger partial charge >= 0.3 is 5.97 Å². The molecule has 0 aliphatic heterocycles. The van der Waals surface area contributed by atoms with Gasteiger partial charge in [0.05, 0.1) is 23.7 Å². The van der Waals surface area contributed by atoms with Gasteiger partial charge in [0.1, 0.15) is 11.6 Å². The third-order valence-electron chi connectivity index (χ3n) is 4.48. The summed E-state index contributed by atoms with van der Waals surface area (Å²) in [6, 6.07) is 14.9. The van der Waals surface area contributed by atoms with Crippen LogP contribution >= 0.6 is 11.6 Å². The molecule has 0 bridgehead atoms. The van der Waals surface area contributed by atoms with E-state index in [0.29, 0.717) is 0 Å². The number of hydrogen-bond donors (Lipinski definition) is 1. The van der Waals surface area contributed by atoms with E-state index in [4.69, 9.17) is 21.1 Å². The summed E-state index contributed by atoms with van der Waals surface area (Å²) in [6.45, 7) is 1.24. The SMILES string of the molecule is COc1ccc2cc([C@H](C)C(=O)OCC(=O)Nc3ccc(F)cc3Cl)ccc2c1. The van der Waals surface area contributed by atoms with Crippen LogP contribution in [0.25, 0.3) is 10.8 Å². The number of rotatable bonds is 6. The number of benzene rings is 3. The number of hydrogen-bond acceptors (Lipinski definition) is 4. The Morgan fingerprint density at radius 2 is 1.79 bits per heavy atom. The lowest BCUT2D eigenvalue weighted by Gasteiger charge is -2.13. The molecule has 7 heteroatoms. The van der Waals surface area contributed by atoms with E-state index in [-0.39, 0.29) is 10.7 Å². The smallest absolute Gasteiger partial charge is 0.313 e. The summed E-state index contributed by atoms with van der Waals surface area (Å²) >= 11 is 5.86. The second-order valence-corrected chi connectivity index (χ2v) is 6.88. The molecule has 0 unspecified atom stereocenters. The van der Waals surface area contributed by atoms with E-state index in [9.17, 15) is 14.0 Å². The van der Waals surface area contributed by atoms with Gasteiger partial charge in [0, 0.05) is 0 Å². The van der Waals surface area contributed by atoms with E-state index in [1.165, 1.54) is 12.1 Å². The molecule has 5 nitrogen and oxygen atoms in total. The Kier molecular flexibility index (Phi) is 6.34. The first kappa shape index (κ1) is 20.6. The van der Waals surface area contributed by atoms with Crippen LogP contribution in [0, 0.1) is 5.82 Å². The fourth-order valence-corrected chi connectivity index (χ4v) is 3.03. The molecule has 0 saturated carbocycles. The van der Waals surface area contributed by atoms with Crippen LogP contribution in [-0.4, -0.2) is 25.6 Å². The molecule has 150 valence electrons. The summed E-state index contributed by atoms with van der Waals surface area (Å²) in [6.07, 6.45) is 0. The van der Waals surface area contributed by atoms with Gasteiger partial charge in [-0.2, -0.15) is 0 Å². The second kappa shape index (κ2) is 8.92. The number of carbonyl (C=O) groups is 2. The van der Waals surface area contributed by atoms with Crippen molar-refractivity contribution in [3.8, 4) is 5.75 Å². The van der Waals surface area contributed by atoms with Crippen LogP contribution in [0.5, 0.6) is 5.75 Å². The van der Waals surface area contributed by atoms with Crippen molar-refractivity contribution in [2.45, 2.75) is 12.8 Å². The number of fused-ring (bicyclic) bond motifs is 1. The molecule has 0 fully saturated rings. The van der Waals surface area contributed by atoms with E-state index < -0.39 is 30.2 Å². The van der Waals surface area contributed by atoms with Gasteiger partial charge in [0.2, 0.25) is 0 Å². The standard InChI is InChI=1S/C22H19ClFNO4/c1-13(14-3-4-16-10-18(28-2)7-5-15(16)9-14)22(27)29-12-21(26)25-20-8-6-17(24)11-19(20)23/h3-11,13H,12H2,1-2H3,(H,25,26)/t13-/m0/s1. The zero-order chi connectivity index (χ0) is 21.0. The first-order valence-electron chi connectivity index (χ1n) is 8.86. The number of nitrogens with one attached hydrogen (secondary N) is 1. The molecule has 3 rings (SSSR count). The Morgan fingerprint density at radius 1 is 1.07 bits per heavy atom. The topological polar surface area (TPSA) is 64.6 Å². The van der Waals surface area contributed by atoms with E-state index in [2.05, 4.69) is 5.32 Å². The Morgan fingerprint density at radius 3 is 2.52 bits per heavy atom. The van der Waals surface area contributed by atoms with Crippen LogP contribution in [-0.2, 0) is 14.3 Å². The molecular formula is C22H19ClFNO4. The van der Waals surface area contributed by atoms with Gasteiger partial charge in [-0.15, -0.1) is 0 Å². The average Bonchev–Trinajstić information content (AvgIpc) is 2.72. The number of anilines is 1. The molecule has 1 N–H and O–H groups in total. The molecule has 0 saturated heterocycles. The van der Waals surface area contributed by atoms with Crippen LogP contribution in [0.15, 0.2) is 54.6 Å². The van der Waals surface area contributed by atoms with E-state index in [0.717, 1.165) is 28.2 Å². The normalized spacial score (nSPS) is 11.7. The molecule has 0 heterocycles. The lowest BCUT2D eigenvalue weighted by molar-refractivity contribution is -0.148. The fraction of sp³-hybridized carbons (Fsp3) is 0.182. The van der Waals surface area contributed by atoms with Crippen molar-refractivity contribution in [1.82, 2.24) is 0 Å².